The number of imidazole rings is 1. The fraction of sp³-hybridized carbons (Fsp3) is 0.0556. The molecule has 29 heavy (non-hydrogen) atoms. The van der Waals surface area contributed by atoms with Crippen molar-refractivity contribution in [2.75, 3.05) is 10.6 Å². The molecule has 0 aliphatic rings. The van der Waals surface area contributed by atoms with E-state index in [4.69, 9.17) is 5.11 Å². The molecule has 0 saturated carbocycles. The average Bonchev–Trinajstić information content (AvgIpc) is 3.00. The molecule has 2 aromatic heterocycles. The van der Waals surface area contributed by atoms with Gasteiger partial charge in [-0.1, -0.05) is 6.07 Å². The number of fused-ring (bicyclic) bond motifs is 1. The first kappa shape index (κ1) is 18.0. The highest BCUT2D eigenvalue weighted by Gasteiger charge is 2.11. The van der Waals surface area contributed by atoms with Crippen molar-refractivity contribution in [2.24, 2.45) is 0 Å². The third-order valence-electron chi connectivity index (χ3n) is 4.10. The van der Waals surface area contributed by atoms with E-state index in [0.717, 1.165) is 5.56 Å². The van der Waals surface area contributed by atoms with Crippen LogP contribution in [0.3, 0.4) is 0 Å². The first-order valence-electron chi connectivity index (χ1n) is 8.42. The van der Waals surface area contributed by atoms with Gasteiger partial charge in [-0.3, -0.25) is 0 Å². The topological polar surface area (TPSA) is 169 Å². The van der Waals surface area contributed by atoms with Crippen LogP contribution in [0, 0.1) is 6.92 Å². The number of carboxylic acid groups (broad SMARTS) is 1. The van der Waals surface area contributed by atoms with Gasteiger partial charge in [0.15, 0.2) is 0 Å². The minimum Gasteiger partial charge on any atom is -0.479 e. The first-order chi connectivity index (χ1) is 13.9. The number of rotatable bonds is 5. The Labute approximate surface area is 162 Å². The number of hydrogen-bond donors (Lipinski definition) is 6. The zero-order valence-electron chi connectivity index (χ0n) is 15.0. The molecule has 0 unspecified atom stereocenters. The van der Waals surface area contributed by atoms with E-state index in [-0.39, 0.29) is 23.1 Å². The van der Waals surface area contributed by atoms with E-state index in [0.29, 0.717) is 22.4 Å². The second kappa shape index (κ2) is 6.96. The van der Waals surface area contributed by atoms with Gasteiger partial charge in [0, 0.05) is 11.4 Å². The standard InChI is InChI=1S/C18H15N7O4/c1-8-5-12-13(22-17(28)21-12)7-11(8)20-16-23-15(24-18(29)25-16)19-10-4-2-3-9(6-10)14(26)27/h2-7H,1H3,(H,26,27)(H2,21,22,28)(H3,19,20,23,24,25,29). The van der Waals surface area contributed by atoms with Gasteiger partial charge in [-0.05, 0) is 42.8 Å². The number of aryl methyl sites for hydroxylation is 1. The molecule has 2 aromatic carbocycles. The highest BCUT2D eigenvalue weighted by molar-refractivity contribution is 5.89. The van der Waals surface area contributed by atoms with Crippen LogP contribution in [0.1, 0.15) is 15.9 Å². The second-order valence-corrected chi connectivity index (χ2v) is 6.21. The molecule has 0 aliphatic carbocycles. The molecule has 0 atom stereocenters. The maximum Gasteiger partial charge on any atom is 0.335 e. The normalized spacial score (nSPS) is 10.8. The van der Waals surface area contributed by atoms with Gasteiger partial charge in [-0.2, -0.15) is 15.0 Å². The lowest BCUT2D eigenvalue weighted by Crippen LogP contribution is -2.05. The number of aromatic hydroxyl groups is 1. The third-order valence-corrected chi connectivity index (χ3v) is 4.10. The van der Waals surface area contributed by atoms with Crippen LogP contribution in [0.4, 0.5) is 23.3 Å². The van der Waals surface area contributed by atoms with Crippen molar-refractivity contribution in [3.05, 3.63) is 58.0 Å². The number of carbonyl (C=O) groups is 1. The van der Waals surface area contributed by atoms with Gasteiger partial charge >= 0.3 is 17.7 Å². The molecule has 11 heteroatoms. The van der Waals surface area contributed by atoms with E-state index in [1.54, 1.807) is 24.3 Å². The second-order valence-electron chi connectivity index (χ2n) is 6.21. The zero-order valence-corrected chi connectivity index (χ0v) is 15.0. The van der Waals surface area contributed by atoms with Crippen molar-refractivity contribution in [2.45, 2.75) is 6.92 Å². The van der Waals surface area contributed by atoms with E-state index in [2.05, 4.69) is 35.6 Å². The summed E-state index contributed by atoms with van der Waals surface area (Å²) in [6.45, 7) is 1.84. The Morgan fingerprint density at radius 3 is 2.41 bits per heavy atom. The summed E-state index contributed by atoms with van der Waals surface area (Å²) in [7, 11) is 0. The van der Waals surface area contributed by atoms with Gasteiger partial charge in [0.2, 0.25) is 11.9 Å². The molecule has 0 amide bonds. The first-order valence-corrected chi connectivity index (χ1v) is 8.42. The molecule has 146 valence electrons. The van der Waals surface area contributed by atoms with E-state index in [1.165, 1.54) is 12.1 Å². The maximum atomic E-state index is 11.5. The largest absolute Gasteiger partial charge is 0.479 e. The van der Waals surface area contributed by atoms with Crippen molar-refractivity contribution in [1.29, 1.82) is 0 Å². The number of anilines is 4. The van der Waals surface area contributed by atoms with Crippen LogP contribution in [0.15, 0.2) is 41.2 Å². The Balaban J connectivity index is 1.63. The van der Waals surface area contributed by atoms with Crippen LogP contribution in [-0.2, 0) is 0 Å². The van der Waals surface area contributed by atoms with Crippen molar-refractivity contribution in [3.63, 3.8) is 0 Å². The summed E-state index contributed by atoms with van der Waals surface area (Å²) >= 11 is 0. The van der Waals surface area contributed by atoms with Gasteiger partial charge in [-0.25, -0.2) is 9.59 Å². The van der Waals surface area contributed by atoms with Crippen molar-refractivity contribution >= 4 is 40.3 Å². The number of benzene rings is 2. The van der Waals surface area contributed by atoms with Gasteiger partial charge in [0.05, 0.1) is 16.6 Å². The average molecular weight is 393 g/mol. The number of aromatic carboxylic acids is 1. The number of hydrogen-bond acceptors (Lipinski definition) is 8. The van der Waals surface area contributed by atoms with E-state index >= 15 is 0 Å². The minimum absolute atomic E-state index is 0.0244. The van der Waals surface area contributed by atoms with Crippen molar-refractivity contribution < 1.29 is 15.0 Å². The summed E-state index contributed by atoms with van der Waals surface area (Å²) in [5.74, 6) is -0.978. The van der Waals surface area contributed by atoms with Gasteiger partial charge in [-0.15, -0.1) is 0 Å². The van der Waals surface area contributed by atoms with Crippen LogP contribution in [0.25, 0.3) is 11.0 Å². The van der Waals surface area contributed by atoms with Crippen LogP contribution >= 0.6 is 0 Å². The predicted octanol–water partition coefficient (Wildman–Crippen LogP) is 2.24. The summed E-state index contributed by atoms with van der Waals surface area (Å²) in [5, 5.41) is 24.7. The predicted molar refractivity (Wildman–Crippen MR) is 105 cm³/mol. The summed E-state index contributed by atoms with van der Waals surface area (Å²) in [4.78, 5) is 39.7. The third kappa shape index (κ3) is 3.83. The number of nitrogens with zero attached hydrogens (tertiary/aromatic N) is 3. The summed E-state index contributed by atoms with van der Waals surface area (Å²) < 4.78 is 0. The lowest BCUT2D eigenvalue weighted by Gasteiger charge is -2.10. The summed E-state index contributed by atoms with van der Waals surface area (Å²) in [5.41, 5.74) is 2.92. The SMILES string of the molecule is Cc1cc2[nH]c(=O)[nH]c2cc1Nc1nc(O)nc(Nc2cccc(C(=O)O)c2)n1. The Morgan fingerprint density at radius 1 is 1.00 bits per heavy atom. The Morgan fingerprint density at radius 2 is 1.69 bits per heavy atom. The number of aromatic amines is 2. The molecule has 0 bridgehead atoms. The quantitative estimate of drug-likeness (QED) is 0.298. The van der Waals surface area contributed by atoms with E-state index in [9.17, 15) is 14.7 Å². The molecule has 0 spiro atoms. The van der Waals surface area contributed by atoms with Gasteiger partial charge < -0.3 is 30.8 Å². The molecule has 6 N–H and O–H groups in total. The Kier molecular flexibility index (Phi) is 4.31. The maximum absolute atomic E-state index is 11.5. The number of carboxylic acids is 1. The summed E-state index contributed by atoms with van der Waals surface area (Å²) in [6.07, 6.45) is 0. The van der Waals surface area contributed by atoms with Crippen molar-refractivity contribution in [3.8, 4) is 6.01 Å². The molecule has 0 saturated heterocycles. The highest BCUT2D eigenvalue weighted by Crippen LogP contribution is 2.24. The molecular weight excluding hydrogens is 378 g/mol. The molecule has 4 aromatic rings. The Hall–Kier alpha value is -4.41. The fourth-order valence-electron chi connectivity index (χ4n) is 2.78. The number of aromatic nitrogens is 5. The molecule has 0 aliphatic heterocycles. The monoisotopic (exact) mass is 393 g/mol. The molecule has 2 heterocycles. The zero-order chi connectivity index (χ0) is 20.5. The molecule has 11 nitrogen and oxygen atoms in total. The van der Waals surface area contributed by atoms with Crippen LogP contribution in [-0.4, -0.2) is 41.1 Å². The molecule has 0 radical (unpaired) electrons. The van der Waals surface area contributed by atoms with Crippen LogP contribution < -0.4 is 16.3 Å². The van der Waals surface area contributed by atoms with Crippen LogP contribution in [0.2, 0.25) is 0 Å². The fourth-order valence-corrected chi connectivity index (χ4v) is 2.78. The van der Waals surface area contributed by atoms with Gasteiger partial charge in [0.1, 0.15) is 0 Å². The summed E-state index contributed by atoms with van der Waals surface area (Å²) in [6, 6.07) is 9.06. The molecule has 0 fully saturated rings. The Bertz CT molecular complexity index is 1300. The highest BCUT2D eigenvalue weighted by atomic mass is 16.4. The van der Waals surface area contributed by atoms with Crippen molar-refractivity contribution in [1.82, 2.24) is 24.9 Å². The van der Waals surface area contributed by atoms with E-state index < -0.39 is 12.0 Å². The van der Waals surface area contributed by atoms with E-state index in [1.807, 2.05) is 6.92 Å². The number of H-pyrrole nitrogens is 2. The van der Waals surface area contributed by atoms with Gasteiger partial charge in [0.25, 0.3) is 0 Å². The molecular formula is C18H15N7O4. The van der Waals surface area contributed by atoms with Crippen LogP contribution in [0.5, 0.6) is 6.01 Å². The lowest BCUT2D eigenvalue weighted by molar-refractivity contribution is 0.0697. The lowest BCUT2D eigenvalue weighted by atomic mass is 10.2. The number of nitrogens with one attached hydrogen (secondary N) is 4. The minimum atomic E-state index is -1.07. The molecule has 4 rings (SSSR count). The smallest absolute Gasteiger partial charge is 0.335 e.